The van der Waals surface area contributed by atoms with Crippen molar-refractivity contribution in [2.45, 2.75) is 52.4 Å². The second-order valence-electron chi connectivity index (χ2n) is 6.69. The minimum atomic E-state index is 0.695. The Balaban J connectivity index is 2.32. The largest absolute Gasteiger partial charge is 0.496 e. The van der Waals surface area contributed by atoms with E-state index in [1.54, 1.807) is 12.7 Å². The lowest BCUT2D eigenvalue weighted by Crippen LogP contribution is -2.31. The summed E-state index contributed by atoms with van der Waals surface area (Å²) in [6, 6.07) is 4.59. The fourth-order valence-electron chi connectivity index (χ4n) is 4.01. The second-order valence-corrected chi connectivity index (χ2v) is 6.69. The van der Waals surface area contributed by atoms with Crippen LogP contribution in [0, 0.1) is 25.7 Å². The van der Waals surface area contributed by atoms with Crippen LogP contribution in [0.2, 0.25) is 0 Å². The summed E-state index contributed by atoms with van der Waals surface area (Å²) >= 11 is 0. The van der Waals surface area contributed by atoms with E-state index in [1.165, 1.54) is 36.8 Å². The van der Waals surface area contributed by atoms with Crippen molar-refractivity contribution in [2.75, 3.05) is 20.7 Å². The highest BCUT2D eigenvalue weighted by Crippen LogP contribution is 2.43. The average molecular weight is 289 g/mol. The standard InChI is InChI=1S/C19H31NO/c1-6-15-7-8-16(12-20-4)18(11-15)17-9-14(3)19(21-5)10-13(17)2/h9-10,15-16,18,20H,6-8,11-12H2,1-5H3. The third-order valence-corrected chi connectivity index (χ3v) is 5.33. The van der Waals surface area contributed by atoms with Gasteiger partial charge >= 0.3 is 0 Å². The van der Waals surface area contributed by atoms with Crippen LogP contribution < -0.4 is 10.1 Å². The Morgan fingerprint density at radius 1 is 1.19 bits per heavy atom. The normalized spacial score (nSPS) is 25.9. The summed E-state index contributed by atoms with van der Waals surface area (Å²) in [5.41, 5.74) is 4.20. The van der Waals surface area contributed by atoms with Crippen molar-refractivity contribution in [1.82, 2.24) is 5.32 Å². The number of hydrogen-bond acceptors (Lipinski definition) is 2. The van der Waals surface area contributed by atoms with Crippen molar-refractivity contribution in [1.29, 1.82) is 0 Å². The molecule has 3 atom stereocenters. The first-order valence-corrected chi connectivity index (χ1v) is 8.40. The van der Waals surface area contributed by atoms with Gasteiger partial charge in [0.25, 0.3) is 0 Å². The Hall–Kier alpha value is -1.02. The molecule has 2 nitrogen and oxygen atoms in total. The van der Waals surface area contributed by atoms with Crippen molar-refractivity contribution in [3.63, 3.8) is 0 Å². The minimum absolute atomic E-state index is 0.695. The van der Waals surface area contributed by atoms with Gasteiger partial charge in [-0.1, -0.05) is 25.8 Å². The van der Waals surface area contributed by atoms with E-state index in [4.69, 9.17) is 4.74 Å². The highest BCUT2D eigenvalue weighted by Gasteiger charge is 2.31. The molecule has 0 radical (unpaired) electrons. The first-order valence-electron chi connectivity index (χ1n) is 8.40. The van der Waals surface area contributed by atoms with Crippen LogP contribution in [0.4, 0.5) is 0 Å². The zero-order chi connectivity index (χ0) is 15.4. The Labute approximate surface area is 130 Å². The molecule has 1 aliphatic carbocycles. The maximum atomic E-state index is 5.47. The summed E-state index contributed by atoms with van der Waals surface area (Å²) in [6.07, 6.45) is 5.41. The summed E-state index contributed by atoms with van der Waals surface area (Å²) in [5, 5.41) is 3.40. The zero-order valence-electron chi connectivity index (χ0n) is 14.3. The van der Waals surface area contributed by atoms with Crippen LogP contribution >= 0.6 is 0 Å². The van der Waals surface area contributed by atoms with Crippen LogP contribution in [-0.4, -0.2) is 20.7 Å². The first kappa shape index (κ1) is 16.4. The maximum absolute atomic E-state index is 5.47. The van der Waals surface area contributed by atoms with E-state index < -0.39 is 0 Å². The Bertz CT molecular complexity index is 469. The minimum Gasteiger partial charge on any atom is -0.496 e. The molecule has 1 aromatic carbocycles. The average Bonchev–Trinajstić information content (AvgIpc) is 2.50. The van der Waals surface area contributed by atoms with Crippen LogP contribution in [0.25, 0.3) is 0 Å². The van der Waals surface area contributed by atoms with Gasteiger partial charge < -0.3 is 10.1 Å². The molecule has 0 amide bonds. The fourth-order valence-corrected chi connectivity index (χ4v) is 4.01. The number of ether oxygens (including phenoxy) is 1. The van der Waals surface area contributed by atoms with Gasteiger partial charge in [-0.25, -0.2) is 0 Å². The molecule has 1 fully saturated rings. The van der Waals surface area contributed by atoms with E-state index in [1.807, 2.05) is 0 Å². The smallest absolute Gasteiger partial charge is 0.122 e. The predicted octanol–water partition coefficient (Wildman–Crippen LogP) is 4.44. The molecule has 1 aliphatic rings. The fraction of sp³-hybridized carbons (Fsp3) is 0.684. The van der Waals surface area contributed by atoms with E-state index >= 15 is 0 Å². The maximum Gasteiger partial charge on any atom is 0.122 e. The molecule has 1 N–H and O–H groups in total. The molecule has 2 heteroatoms. The predicted molar refractivity (Wildman–Crippen MR) is 90.3 cm³/mol. The number of hydrogen-bond donors (Lipinski definition) is 1. The summed E-state index contributed by atoms with van der Waals surface area (Å²) < 4.78 is 5.47. The van der Waals surface area contributed by atoms with Crippen LogP contribution in [0.3, 0.4) is 0 Å². The Kier molecular flexibility index (Phi) is 5.69. The third-order valence-electron chi connectivity index (χ3n) is 5.33. The first-order chi connectivity index (χ1) is 10.1. The summed E-state index contributed by atoms with van der Waals surface area (Å²) in [4.78, 5) is 0. The summed E-state index contributed by atoms with van der Waals surface area (Å²) in [5.74, 6) is 3.37. The molecule has 0 spiro atoms. The molecule has 0 bridgehead atoms. The summed E-state index contributed by atoms with van der Waals surface area (Å²) in [6.45, 7) is 7.87. The van der Waals surface area contributed by atoms with Gasteiger partial charge in [-0.15, -0.1) is 0 Å². The van der Waals surface area contributed by atoms with Crippen LogP contribution in [0.15, 0.2) is 12.1 Å². The highest BCUT2D eigenvalue weighted by molar-refractivity contribution is 5.43. The van der Waals surface area contributed by atoms with E-state index in [9.17, 15) is 0 Å². The van der Waals surface area contributed by atoms with Crippen molar-refractivity contribution in [3.05, 3.63) is 28.8 Å². The van der Waals surface area contributed by atoms with Crippen molar-refractivity contribution < 1.29 is 4.74 Å². The van der Waals surface area contributed by atoms with Gasteiger partial charge in [0.2, 0.25) is 0 Å². The number of benzene rings is 1. The molecule has 3 unspecified atom stereocenters. The number of aryl methyl sites for hydroxylation is 2. The highest BCUT2D eigenvalue weighted by atomic mass is 16.5. The van der Waals surface area contributed by atoms with Gasteiger partial charge in [0.05, 0.1) is 7.11 Å². The van der Waals surface area contributed by atoms with Gasteiger partial charge in [0, 0.05) is 0 Å². The lowest BCUT2D eigenvalue weighted by Gasteiger charge is -2.37. The molecular formula is C19H31NO. The molecule has 21 heavy (non-hydrogen) atoms. The Morgan fingerprint density at radius 3 is 2.57 bits per heavy atom. The van der Waals surface area contributed by atoms with E-state index in [0.717, 1.165) is 24.1 Å². The number of rotatable bonds is 5. The summed E-state index contributed by atoms with van der Waals surface area (Å²) in [7, 11) is 3.84. The Morgan fingerprint density at radius 2 is 1.95 bits per heavy atom. The zero-order valence-corrected chi connectivity index (χ0v) is 14.3. The molecule has 0 saturated heterocycles. The molecule has 2 rings (SSSR count). The van der Waals surface area contributed by atoms with Crippen molar-refractivity contribution >= 4 is 0 Å². The van der Waals surface area contributed by atoms with Crippen molar-refractivity contribution in [3.8, 4) is 5.75 Å². The van der Waals surface area contributed by atoms with Crippen LogP contribution in [-0.2, 0) is 0 Å². The number of nitrogens with one attached hydrogen (secondary N) is 1. The van der Waals surface area contributed by atoms with Gasteiger partial charge in [-0.2, -0.15) is 0 Å². The van der Waals surface area contributed by atoms with Crippen LogP contribution in [0.5, 0.6) is 5.75 Å². The molecule has 0 aromatic heterocycles. The third kappa shape index (κ3) is 3.60. The van der Waals surface area contributed by atoms with Gasteiger partial charge in [-0.05, 0) is 80.8 Å². The quantitative estimate of drug-likeness (QED) is 0.865. The molecule has 0 heterocycles. The lowest BCUT2D eigenvalue weighted by molar-refractivity contribution is 0.228. The molecule has 1 saturated carbocycles. The van der Waals surface area contributed by atoms with Gasteiger partial charge in [-0.3, -0.25) is 0 Å². The topological polar surface area (TPSA) is 21.3 Å². The second kappa shape index (κ2) is 7.31. The number of methoxy groups -OCH3 is 1. The van der Waals surface area contributed by atoms with E-state index in [2.05, 4.69) is 45.3 Å². The SMILES string of the molecule is CCC1CCC(CNC)C(c2cc(C)c(OC)cc2C)C1. The van der Waals surface area contributed by atoms with E-state index in [0.29, 0.717) is 5.92 Å². The lowest BCUT2D eigenvalue weighted by atomic mass is 9.69. The van der Waals surface area contributed by atoms with Gasteiger partial charge in [0.1, 0.15) is 5.75 Å². The molecule has 0 aliphatic heterocycles. The molecule has 118 valence electrons. The molecular weight excluding hydrogens is 258 g/mol. The van der Waals surface area contributed by atoms with Gasteiger partial charge in [0.15, 0.2) is 0 Å². The van der Waals surface area contributed by atoms with E-state index in [-0.39, 0.29) is 0 Å². The monoisotopic (exact) mass is 289 g/mol. The molecule has 1 aromatic rings. The van der Waals surface area contributed by atoms with Crippen LogP contribution in [0.1, 0.15) is 55.2 Å². The van der Waals surface area contributed by atoms with Crippen molar-refractivity contribution in [2.24, 2.45) is 11.8 Å².